The molecule has 25 heavy (non-hydrogen) atoms. The summed E-state index contributed by atoms with van der Waals surface area (Å²) in [4.78, 5) is 11.9. The maximum atomic E-state index is 12.0. The van der Waals surface area contributed by atoms with Crippen LogP contribution in [0.3, 0.4) is 0 Å². The Balaban J connectivity index is 2.18. The van der Waals surface area contributed by atoms with E-state index in [-0.39, 0.29) is 16.5 Å². The molecule has 1 atom stereocenters. The second-order valence-corrected chi connectivity index (χ2v) is 9.30. The summed E-state index contributed by atoms with van der Waals surface area (Å²) in [5.74, 6) is -0.249. The first-order valence-electron chi connectivity index (χ1n) is 8.28. The molecule has 1 aromatic rings. The zero-order valence-electron chi connectivity index (χ0n) is 14.9. The monoisotopic (exact) mass is 384 g/mol. The minimum absolute atomic E-state index is 0.0635. The summed E-state index contributed by atoms with van der Waals surface area (Å²) in [7, 11) is 0. The van der Waals surface area contributed by atoms with Gasteiger partial charge in [0.05, 0.1) is 11.8 Å². The van der Waals surface area contributed by atoms with Crippen LogP contribution in [0.15, 0.2) is 28.7 Å². The molecular weight excluding hydrogens is 360 g/mol. The predicted octanol–water partition coefficient (Wildman–Crippen LogP) is 2.93. The van der Waals surface area contributed by atoms with Crippen molar-refractivity contribution in [3.63, 3.8) is 0 Å². The van der Waals surface area contributed by atoms with Gasteiger partial charge in [-0.2, -0.15) is 0 Å². The van der Waals surface area contributed by atoms with Gasteiger partial charge in [-0.25, -0.2) is 0 Å². The Labute approximate surface area is 157 Å². The molecular formula is C18H25ClN2O3S. The van der Waals surface area contributed by atoms with E-state index in [1.807, 2.05) is 45.0 Å². The van der Waals surface area contributed by atoms with Crippen LogP contribution in [0.5, 0.6) is 0 Å². The van der Waals surface area contributed by atoms with Crippen molar-refractivity contribution in [3.05, 3.63) is 35.4 Å². The van der Waals surface area contributed by atoms with E-state index >= 15 is 0 Å². The van der Waals surface area contributed by atoms with Gasteiger partial charge in [0.2, 0.25) is 5.91 Å². The summed E-state index contributed by atoms with van der Waals surface area (Å²) < 4.78 is 21.2. The highest BCUT2D eigenvalue weighted by atomic mass is 35.5. The van der Waals surface area contributed by atoms with Gasteiger partial charge in [0.25, 0.3) is 0 Å². The first kappa shape index (κ1) is 20.2. The molecule has 1 N–H and O–H groups in total. The van der Waals surface area contributed by atoms with Crippen LogP contribution in [0, 0.1) is 0 Å². The topological polar surface area (TPSA) is 73.8 Å². The van der Waals surface area contributed by atoms with Crippen molar-refractivity contribution in [1.29, 1.82) is 0 Å². The summed E-state index contributed by atoms with van der Waals surface area (Å²) in [6.07, 6.45) is 3.04. The van der Waals surface area contributed by atoms with E-state index in [1.165, 1.54) is 0 Å². The van der Waals surface area contributed by atoms with Crippen LogP contribution in [0.1, 0.15) is 44.7 Å². The second kappa shape index (κ2) is 8.54. The molecule has 1 aliphatic heterocycles. The number of nitrogens with zero attached hydrogens (tertiary/aromatic N) is 1. The molecule has 1 amide bonds. The van der Waals surface area contributed by atoms with Gasteiger partial charge in [-0.15, -0.1) is 11.6 Å². The summed E-state index contributed by atoms with van der Waals surface area (Å²) >= 11 is 4.38. The summed E-state index contributed by atoms with van der Waals surface area (Å²) in [5, 5.41) is 3.05. The molecule has 2 rings (SSSR count). The molecule has 1 aromatic carbocycles. The van der Waals surface area contributed by atoms with Crippen molar-refractivity contribution in [2.45, 2.75) is 43.9 Å². The number of carbonyl (C=O) groups excluding carboxylic acids is 1. The lowest BCUT2D eigenvalue weighted by molar-refractivity contribution is -0.122. The Bertz CT molecular complexity index is 608. The van der Waals surface area contributed by atoms with Gasteiger partial charge in [-0.1, -0.05) is 28.7 Å². The van der Waals surface area contributed by atoms with E-state index in [9.17, 15) is 9.35 Å². The van der Waals surface area contributed by atoms with E-state index in [1.54, 1.807) is 6.21 Å². The minimum atomic E-state index is -1.28. The molecule has 7 heteroatoms. The van der Waals surface area contributed by atoms with Crippen LogP contribution in [0.25, 0.3) is 0 Å². The second-order valence-electron chi connectivity index (χ2n) is 7.09. The molecule has 1 aliphatic rings. The number of halogens is 1. The Morgan fingerprint density at radius 2 is 1.96 bits per heavy atom. The number of ether oxygens (including phenoxy) is 1. The Kier molecular flexibility index (Phi) is 6.91. The fraction of sp³-hybridized carbons (Fsp3) is 0.556. The van der Waals surface area contributed by atoms with Crippen molar-refractivity contribution >= 4 is 35.1 Å². The first-order chi connectivity index (χ1) is 11.8. The van der Waals surface area contributed by atoms with Crippen molar-refractivity contribution in [2.24, 2.45) is 4.40 Å². The molecule has 0 bridgehead atoms. The highest BCUT2D eigenvalue weighted by Gasteiger charge is 2.35. The van der Waals surface area contributed by atoms with Crippen LogP contribution in [-0.4, -0.2) is 40.5 Å². The predicted molar refractivity (Wildman–Crippen MR) is 103 cm³/mol. The quantitative estimate of drug-likeness (QED) is 0.482. The van der Waals surface area contributed by atoms with Crippen molar-refractivity contribution in [2.75, 3.05) is 19.1 Å². The van der Waals surface area contributed by atoms with Gasteiger partial charge >= 0.3 is 0 Å². The van der Waals surface area contributed by atoms with Crippen LogP contribution >= 0.6 is 11.6 Å². The van der Waals surface area contributed by atoms with E-state index in [0.717, 1.165) is 11.1 Å². The minimum Gasteiger partial charge on any atom is -0.591 e. The van der Waals surface area contributed by atoms with Crippen LogP contribution in [0.2, 0.25) is 0 Å². The van der Waals surface area contributed by atoms with Crippen LogP contribution in [-0.2, 0) is 26.4 Å². The molecule has 1 saturated heterocycles. The van der Waals surface area contributed by atoms with E-state index in [2.05, 4.69) is 9.71 Å². The smallest absolute Gasteiger partial charge is 0.235 e. The Hall–Kier alpha value is -1.08. The lowest BCUT2D eigenvalue weighted by atomic mass is 9.82. The molecule has 5 nitrogen and oxygen atoms in total. The standard InChI is InChI=1S/C18H25ClN2O3S/c1-17(2,3)25(23)20-13-14-4-6-15(7-5-14)18(21-16(22)12-19)8-10-24-11-9-18/h4-7,13H,8-12H2,1-3H3,(H,21,22). The number of hydrogen-bond acceptors (Lipinski definition) is 4. The van der Waals surface area contributed by atoms with Gasteiger partial charge in [0, 0.05) is 13.2 Å². The highest BCUT2D eigenvalue weighted by Crippen LogP contribution is 2.32. The van der Waals surface area contributed by atoms with Crippen LogP contribution < -0.4 is 5.32 Å². The number of benzene rings is 1. The van der Waals surface area contributed by atoms with Gasteiger partial charge in [-0.05, 0) is 44.7 Å². The van der Waals surface area contributed by atoms with Crippen molar-refractivity contribution < 1.29 is 14.1 Å². The Morgan fingerprint density at radius 3 is 2.48 bits per heavy atom. The average Bonchev–Trinajstić information content (AvgIpc) is 2.60. The third-order valence-electron chi connectivity index (χ3n) is 4.13. The number of hydrogen-bond donors (Lipinski definition) is 1. The molecule has 0 spiro atoms. The third kappa shape index (κ3) is 5.45. The number of nitrogens with one attached hydrogen (secondary N) is 1. The number of alkyl halides is 1. The summed E-state index contributed by atoms with van der Waals surface area (Å²) in [5.41, 5.74) is 1.43. The van der Waals surface area contributed by atoms with Gasteiger partial charge in [-0.3, -0.25) is 4.79 Å². The van der Waals surface area contributed by atoms with E-state index < -0.39 is 16.9 Å². The highest BCUT2D eigenvalue weighted by molar-refractivity contribution is 7.91. The number of amides is 1. The SMILES string of the molecule is CC(C)(C)[S+]([O-])N=Cc1ccc(C2(NC(=O)CCl)CCOCC2)cc1. The third-order valence-corrected chi connectivity index (χ3v) is 5.72. The zero-order valence-corrected chi connectivity index (χ0v) is 16.5. The van der Waals surface area contributed by atoms with Crippen molar-refractivity contribution in [1.82, 2.24) is 5.32 Å². The molecule has 0 radical (unpaired) electrons. The Morgan fingerprint density at radius 1 is 1.36 bits per heavy atom. The fourth-order valence-electron chi connectivity index (χ4n) is 2.66. The average molecular weight is 385 g/mol. The summed E-state index contributed by atoms with van der Waals surface area (Å²) in [6, 6.07) is 7.79. The zero-order chi connectivity index (χ0) is 18.5. The fourth-order valence-corrected chi connectivity index (χ4v) is 3.26. The largest absolute Gasteiger partial charge is 0.591 e. The molecule has 0 aliphatic carbocycles. The maximum absolute atomic E-state index is 12.0. The van der Waals surface area contributed by atoms with Crippen molar-refractivity contribution in [3.8, 4) is 0 Å². The summed E-state index contributed by atoms with van der Waals surface area (Å²) in [6.45, 7) is 6.85. The maximum Gasteiger partial charge on any atom is 0.235 e. The molecule has 138 valence electrons. The molecule has 1 unspecified atom stereocenters. The number of carbonyl (C=O) groups is 1. The molecule has 0 saturated carbocycles. The number of rotatable bonds is 5. The molecule has 1 fully saturated rings. The van der Waals surface area contributed by atoms with Gasteiger partial charge in [0.1, 0.15) is 22.0 Å². The lowest BCUT2D eigenvalue weighted by Crippen LogP contribution is -2.49. The van der Waals surface area contributed by atoms with Crippen LogP contribution in [0.4, 0.5) is 0 Å². The first-order valence-corrected chi connectivity index (χ1v) is 9.92. The molecule has 1 heterocycles. The van der Waals surface area contributed by atoms with Gasteiger partial charge < -0.3 is 14.6 Å². The normalized spacial score (nSPS) is 18.9. The lowest BCUT2D eigenvalue weighted by Gasteiger charge is -2.38. The van der Waals surface area contributed by atoms with Gasteiger partial charge in [0.15, 0.2) is 0 Å². The van der Waals surface area contributed by atoms with E-state index in [4.69, 9.17) is 16.3 Å². The van der Waals surface area contributed by atoms with E-state index in [0.29, 0.717) is 26.1 Å². The molecule has 0 aromatic heterocycles.